The van der Waals surface area contributed by atoms with E-state index >= 15 is 0 Å². The van der Waals surface area contributed by atoms with E-state index < -0.39 is 8.56 Å². The lowest BCUT2D eigenvalue weighted by atomic mass is 11.0. The van der Waals surface area contributed by atoms with Crippen LogP contribution < -0.4 is 0 Å². The van der Waals surface area contributed by atoms with Crippen molar-refractivity contribution in [3.63, 3.8) is 0 Å². The van der Waals surface area contributed by atoms with E-state index in [0.29, 0.717) is 11.8 Å². The molecule has 2 nitrogen and oxygen atoms in total. The Morgan fingerprint density at radius 3 is 2.38 bits per heavy atom. The molecule has 50 valence electrons. The molecule has 0 aromatic rings. The van der Waals surface area contributed by atoms with Gasteiger partial charge in [-0.15, -0.1) is 0 Å². The molecule has 0 amide bonds. The maximum atomic E-state index is 9.19. The number of hydrogen-bond acceptors (Lipinski definition) is 3. The predicted octanol–water partition coefficient (Wildman–Crippen LogP) is 0.627. The second-order valence-electron chi connectivity index (χ2n) is 1.85. The number of rotatable bonds is 3. The first kappa shape index (κ1) is 8.49. The van der Waals surface area contributed by atoms with Crippen LogP contribution in [0.4, 0.5) is 0 Å². The third kappa shape index (κ3) is 3.48. The second kappa shape index (κ2) is 3.50. The molecular formula is C4H12O2SSi. The van der Waals surface area contributed by atoms with Gasteiger partial charge in [0, 0.05) is 7.11 Å². The van der Waals surface area contributed by atoms with Gasteiger partial charge >= 0.3 is 8.56 Å². The highest BCUT2D eigenvalue weighted by Gasteiger charge is 2.22. The predicted molar refractivity (Wildman–Crippen MR) is 39.5 cm³/mol. The Bertz CT molecular complexity index is 67.1. The highest BCUT2D eigenvalue weighted by Crippen LogP contribution is 2.05. The van der Waals surface area contributed by atoms with Crippen molar-refractivity contribution in [2.45, 2.75) is 12.6 Å². The van der Waals surface area contributed by atoms with Crippen LogP contribution in [0.25, 0.3) is 0 Å². The lowest BCUT2D eigenvalue weighted by Gasteiger charge is -2.14. The molecular weight excluding hydrogens is 140 g/mol. The van der Waals surface area contributed by atoms with Gasteiger partial charge < -0.3 is 9.22 Å². The van der Waals surface area contributed by atoms with Crippen molar-refractivity contribution in [2.24, 2.45) is 0 Å². The summed E-state index contributed by atoms with van der Waals surface area (Å²) in [5, 5.41) is 0. The monoisotopic (exact) mass is 152 g/mol. The van der Waals surface area contributed by atoms with Crippen molar-refractivity contribution in [3.05, 3.63) is 0 Å². The molecule has 0 heterocycles. The highest BCUT2D eigenvalue weighted by molar-refractivity contribution is 7.80. The van der Waals surface area contributed by atoms with Gasteiger partial charge in [0.25, 0.3) is 0 Å². The summed E-state index contributed by atoms with van der Waals surface area (Å²) in [4.78, 5) is 9.19. The Labute approximate surface area is 56.5 Å². The van der Waals surface area contributed by atoms with Gasteiger partial charge in [-0.05, 0) is 18.3 Å². The molecule has 0 aliphatic carbocycles. The fourth-order valence-electron chi connectivity index (χ4n) is 0.310. The summed E-state index contributed by atoms with van der Waals surface area (Å²) in [5.74, 6) is 0.701. The maximum absolute atomic E-state index is 9.19. The first-order valence-corrected chi connectivity index (χ1v) is 5.70. The molecule has 0 saturated heterocycles. The van der Waals surface area contributed by atoms with Crippen LogP contribution in [0.3, 0.4) is 0 Å². The van der Waals surface area contributed by atoms with Gasteiger partial charge in [-0.1, -0.05) is 0 Å². The lowest BCUT2D eigenvalue weighted by Crippen LogP contribution is -2.33. The zero-order valence-corrected chi connectivity index (χ0v) is 7.11. The third-order valence-electron chi connectivity index (χ3n) is 1.02. The molecule has 0 aliphatic rings. The molecule has 0 bridgehead atoms. The SMILES string of the molecule is CO[Si](C)(O)CCS. The standard InChI is InChI=1S/C4H12O2SSi/c1-6-8(2,5)4-3-7/h5,7H,3-4H2,1-2H3. The van der Waals surface area contributed by atoms with Crippen LogP contribution in [0.1, 0.15) is 0 Å². The highest BCUT2D eigenvalue weighted by atomic mass is 32.1. The van der Waals surface area contributed by atoms with Crippen LogP contribution in [0, 0.1) is 0 Å². The topological polar surface area (TPSA) is 29.5 Å². The molecule has 0 aromatic carbocycles. The minimum atomic E-state index is -2.25. The Morgan fingerprint density at radius 2 is 2.25 bits per heavy atom. The molecule has 1 unspecified atom stereocenters. The van der Waals surface area contributed by atoms with Gasteiger partial charge in [-0.25, -0.2) is 0 Å². The van der Waals surface area contributed by atoms with E-state index in [0.717, 1.165) is 0 Å². The number of thiol groups is 1. The molecule has 0 saturated carbocycles. The largest absolute Gasteiger partial charge is 0.411 e. The van der Waals surface area contributed by atoms with Crippen LogP contribution in [0.5, 0.6) is 0 Å². The zero-order valence-electron chi connectivity index (χ0n) is 5.22. The Hall–Kier alpha value is 0.487. The van der Waals surface area contributed by atoms with Crippen LogP contribution in [0.2, 0.25) is 12.6 Å². The van der Waals surface area contributed by atoms with Crippen molar-refractivity contribution in [2.75, 3.05) is 12.9 Å². The van der Waals surface area contributed by atoms with Gasteiger partial charge in [-0.3, -0.25) is 0 Å². The van der Waals surface area contributed by atoms with Crippen LogP contribution in [-0.4, -0.2) is 26.2 Å². The molecule has 0 radical (unpaired) electrons. The average Bonchev–Trinajstić information content (AvgIpc) is 1.67. The summed E-state index contributed by atoms with van der Waals surface area (Å²) in [5.41, 5.74) is 0. The molecule has 1 atom stereocenters. The van der Waals surface area contributed by atoms with E-state index in [2.05, 4.69) is 12.6 Å². The lowest BCUT2D eigenvalue weighted by molar-refractivity contribution is 0.299. The van der Waals surface area contributed by atoms with E-state index in [4.69, 9.17) is 4.43 Å². The van der Waals surface area contributed by atoms with E-state index in [1.54, 1.807) is 6.55 Å². The fourth-order valence-corrected chi connectivity index (χ4v) is 2.17. The molecule has 0 fully saturated rings. The van der Waals surface area contributed by atoms with Crippen LogP contribution in [0.15, 0.2) is 0 Å². The quantitative estimate of drug-likeness (QED) is 0.459. The van der Waals surface area contributed by atoms with E-state index in [1.807, 2.05) is 0 Å². The van der Waals surface area contributed by atoms with E-state index in [-0.39, 0.29) is 0 Å². The van der Waals surface area contributed by atoms with Crippen molar-refractivity contribution in [1.29, 1.82) is 0 Å². The molecule has 0 spiro atoms. The van der Waals surface area contributed by atoms with Crippen LogP contribution >= 0.6 is 12.6 Å². The van der Waals surface area contributed by atoms with Crippen molar-refractivity contribution in [1.82, 2.24) is 0 Å². The molecule has 0 aromatic heterocycles. The van der Waals surface area contributed by atoms with Gasteiger partial charge in [-0.2, -0.15) is 12.6 Å². The van der Waals surface area contributed by atoms with Gasteiger partial charge in [0.2, 0.25) is 0 Å². The first-order chi connectivity index (χ1) is 3.62. The summed E-state index contributed by atoms with van der Waals surface area (Å²) in [6, 6.07) is 0.701. The fraction of sp³-hybridized carbons (Fsp3) is 1.00. The summed E-state index contributed by atoms with van der Waals surface area (Å²) in [7, 11) is -0.716. The molecule has 0 aliphatic heterocycles. The van der Waals surface area contributed by atoms with Crippen LogP contribution in [-0.2, 0) is 4.43 Å². The molecule has 4 heteroatoms. The average molecular weight is 152 g/mol. The minimum Gasteiger partial charge on any atom is -0.411 e. The van der Waals surface area contributed by atoms with Crippen molar-refractivity contribution >= 4 is 21.2 Å². The molecule has 1 N–H and O–H groups in total. The summed E-state index contributed by atoms with van der Waals surface area (Å²) < 4.78 is 4.82. The minimum absolute atomic E-state index is 0.701. The second-order valence-corrected chi connectivity index (χ2v) is 5.56. The van der Waals surface area contributed by atoms with E-state index in [1.165, 1.54) is 7.11 Å². The summed E-state index contributed by atoms with van der Waals surface area (Å²) in [6.45, 7) is 1.75. The van der Waals surface area contributed by atoms with Gasteiger partial charge in [0.05, 0.1) is 0 Å². The summed E-state index contributed by atoms with van der Waals surface area (Å²) >= 11 is 3.96. The zero-order chi connectivity index (χ0) is 6.62. The normalized spacial score (nSPS) is 18.0. The van der Waals surface area contributed by atoms with Gasteiger partial charge in [0.1, 0.15) is 0 Å². The van der Waals surface area contributed by atoms with Gasteiger partial charge in [0.15, 0.2) is 0 Å². The number of hydrogen-bond donors (Lipinski definition) is 2. The van der Waals surface area contributed by atoms with Crippen molar-refractivity contribution in [3.8, 4) is 0 Å². The first-order valence-electron chi connectivity index (χ1n) is 2.51. The van der Waals surface area contributed by atoms with E-state index in [9.17, 15) is 4.80 Å². The molecule has 0 rings (SSSR count). The Balaban J connectivity index is 3.37. The maximum Gasteiger partial charge on any atom is 0.332 e. The summed E-state index contributed by atoms with van der Waals surface area (Å²) in [6.07, 6.45) is 0. The smallest absolute Gasteiger partial charge is 0.332 e. The third-order valence-corrected chi connectivity index (χ3v) is 3.72. The van der Waals surface area contributed by atoms with Crippen molar-refractivity contribution < 1.29 is 9.22 Å². The Kier molecular flexibility index (Phi) is 3.71. The Morgan fingerprint density at radius 1 is 1.75 bits per heavy atom. The molecule has 8 heavy (non-hydrogen) atoms.